The van der Waals surface area contributed by atoms with E-state index in [1.54, 1.807) is 4.68 Å². The monoisotopic (exact) mass is 265 g/mol. The highest BCUT2D eigenvalue weighted by molar-refractivity contribution is 6.21. The van der Waals surface area contributed by atoms with Gasteiger partial charge in [-0.3, -0.25) is 9.48 Å². The van der Waals surface area contributed by atoms with E-state index >= 15 is 0 Å². The topological polar surface area (TPSA) is 46.9 Å². The predicted octanol–water partition coefficient (Wildman–Crippen LogP) is 2.32. The van der Waals surface area contributed by atoms with Crippen molar-refractivity contribution in [2.24, 2.45) is 7.05 Å². The Morgan fingerprint density at radius 1 is 1.50 bits per heavy atom. The Kier molecular flexibility index (Phi) is 3.87. The predicted molar refractivity (Wildman–Crippen MR) is 73.0 cm³/mol. The molecule has 1 atom stereocenters. The van der Waals surface area contributed by atoms with Crippen molar-refractivity contribution in [2.75, 3.05) is 6.54 Å². The van der Waals surface area contributed by atoms with E-state index < -0.39 is 0 Å². The largest absolute Gasteiger partial charge is 0.349 e. The van der Waals surface area contributed by atoms with E-state index in [2.05, 4.69) is 10.4 Å². The number of benzene rings is 1. The summed E-state index contributed by atoms with van der Waals surface area (Å²) in [5, 5.41) is 7.89. The fourth-order valence-electron chi connectivity index (χ4n) is 1.81. The first kappa shape index (κ1) is 12.9. The normalized spacial score (nSPS) is 12.6. The molecule has 1 N–H and O–H groups in total. The number of hydrogen-bond acceptors (Lipinski definition) is 2. The molecule has 5 heteroatoms. The second-order valence-corrected chi connectivity index (χ2v) is 4.82. The van der Waals surface area contributed by atoms with Gasteiger partial charge < -0.3 is 5.32 Å². The minimum absolute atomic E-state index is 0.0380. The number of rotatable bonds is 4. The molecule has 4 nitrogen and oxygen atoms in total. The molecule has 0 aliphatic carbocycles. The van der Waals surface area contributed by atoms with Crippen LogP contribution < -0.4 is 5.32 Å². The van der Waals surface area contributed by atoms with Gasteiger partial charge in [0.2, 0.25) is 0 Å². The lowest BCUT2D eigenvalue weighted by Crippen LogP contribution is -2.30. The molecule has 1 heterocycles. The summed E-state index contributed by atoms with van der Waals surface area (Å²) >= 11 is 5.98. The zero-order valence-electron chi connectivity index (χ0n) is 10.5. The van der Waals surface area contributed by atoms with Crippen LogP contribution in [-0.4, -0.2) is 27.6 Å². The summed E-state index contributed by atoms with van der Waals surface area (Å²) in [6.45, 7) is 2.45. The van der Waals surface area contributed by atoms with Gasteiger partial charge in [-0.25, -0.2) is 0 Å². The van der Waals surface area contributed by atoms with E-state index in [4.69, 9.17) is 11.6 Å². The van der Waals surface area contributed by atoms with E-state index in [0.717, 1.165) is 17.3 Å². The lowest BCUT2D eigenvalue weighted by molar-refractivity contribution is 0.0949. The number of nitrogens with zero attached hydrogens (tertiary/aromatic N) is 2. The lowest BCUT2D eigenvalue weighted by atomic mass is 10.2. The molecule has 0 fully saturated rings. The first-order valence-corrected chi connectivity index (χ1v) is 6.41. The van der Waals surface area contributed by atoms with Gasteiger partial charge in [-0.15, -0.1) is 11.6 Å². The van der Waals surface area contributed by atoms with E-state index in [-0.39, 0.29) is 11.3 Å². The van der Waals surface area contributed by atoms with Crippen LogP contribution >= 0.6 is 11.6 Å². The molecule has 2 rings (SSSR count). The van der Waals surface area contributed by atoms with Crippen LogP contribution in [-0.2, 0) is 7.05 Å². The summed E-state index contributed by atoms with van der Waals surface area (Å²) in [7, 11) is 1.83. The third kappa shape index (κ3) is 2.48. The second kappa shape index (κ2) is 5.40. The summed E-state index contributed by atoms with van der Waals surface area (Å²) < 4.78 is 1.71. The molecular weight excluding hydrogens is 250 g/mol. The molecule has 0 saturated carbocycles. The van der Waals surface area contributed by atoms with Gasteiger partial charge in [0.15, 0.2) is 5.69 Å². The van der Waals surface area contributed by atoms with Crippen molar-refractivity contribution in [3.63, 3.8) is 0 Å². The highest BCUT2D eigenvalue weighted by atomic mass is 35.5. The minimum atomic E-state index is -0.175. The summed E-state index contributed by atoms with van der Waals surface area (Å²) in [5.41, 5.74) is 1.40. The van der Waals surface area contributed by atoms with Crippen molar-refractivity contribution in [1.29, 1.82) is 0 Å². The molecule has 2 aromatic rings. The van der Waals surface area contributed by atoms with Gasteiger partial charge in [0.05, 0.1) is 10.9 Å². The quantitative estimate of drug-likeness (QED) is 0.863. The Labute approximate surface area is 111 Å². The number of alkyl halides is 1. The highest BCUT2D eigenvalue weighted by Gasteiger charge is 2.15. The molecule has 0 bridgehead atoms. The first-order valence-electron chi connectivity index (χ1n) is 5.97. The zero-order chi connectivity index (χ0) is 13.1. The second-order valence-electron chi connectivity index (χ2n) is 4.20. The van der Waals surface area contributed by atoms with Crippen LogP contribution in [0.1, 0.15) is 23.8 Å². The van der Waals surface area contributed by atoms with Crippen LogP contribution in [0.5, 0.6) is 0 Å². The Morgan fingerprint density at radius 2 is 2.22 bits per heavy atom. The molecule has 0 aliphatic heterocycles. The van der Waals surface area contributed by atoms with Crippen LogP contribution in [0.25, 0.3) is 10.9 Å². The Balaban J connectivity index is 2.23. The van der Waals surface area contributed by atoms with Crippen molar-refractivity contribution < 1.29 is 4.79 Å². The molecule has 0 spiro atoms. The van der Waals surface area contributed by atoms with Crippen LogP contribution in [0.15, 0.2) is 24.3 Å². The van der Waals surface area contributed by atoms with Crippen LogP contribution in [0.4, 0.5) is 0 Å². The third-order valence-electron chi connectivity index (χ3n) is 2.90. The van der Waals surface area contributed by atoms with Crippen LogP contribution in [0, 0.1) is 0 Å². The van der Waals surface area contributed by atoms with Gasteiger partial charge in [0.1, 0.15) is 0 Å². The molecule has 0 saturated heterocycles. The number of amides is 1. The molecule has 1 amide bonds. The van der Waals surface area contributed by atoms with E-state index in [0.29, 0.717) is 12.2 Å². The number of para-hydroxylation sites is 1. The van der Waals surface area contributed by atoms with Crippen molar-refractivity contribution in [3.05, 3.63) is 30.0 Å². The van der Waals surface area contributed by atoms with Crippen LogP contribution in [0.2, 0.25) is 0 Å². The molecule has 0 aliphatic rings. The fourth-order valence-corrected chi connectivity index (χ4v) is 1.89. The average molecular weight is 266 g/mol. The van der Waals surface area contributed by atoms with Crippen LogP contribution in [0.3, 0.4) is 0 Å². The SMILES string of the molecule is CCC(Cl)CNC(=O)c1nn(C)c2ccccc12. The molecule has 1 unspecified atom stereocenters. The van der Waals surface area contributed by atoms with Gasteiger partial charge in [-0.1, -0.05) is 25.1 Å². The minimum Gasteiger partial charge on any atom is -0.349 e. The average Bonchev–Trinajstić information content (AvgIpc) is 2.74. The van der Waals surface area contributed by atoms with E-state index in [1.165, 1.54) is 0 Å². The number of nitrogens with one attached hydrogen (secondary N) is 1. The van der Waals surface area contributed by atoms with Gasteiger partial charge in [0.25, 0.3) is 5.91 Å². The van der Waals surface area contributed by atoms with Crippen molar-refractivity contribution in [3.8, 4) is 0 Å². The Morgan fingerprint density at radius 3 is 2.94 bits per heavy atom. The Hall–Kier alpha value is -1.55. The van der Waals surface area contributed by atoms with Crippen molar-refractivity contribution in [2.45, 2.75) is 18.7 Å². The maximum Gasteiger partial charge on any atom is 0.272 e. The standard InChI is InChI=1S/C13H16ClN3O/c1-3-9(14)8-15-13(18)12-10-6-4-5-7-11(10)17(2)16-12/h4-7,9H,3,8H2,1-2H3,(H,15,18). The fraction of sp³-hybridized carbons (Fsp3) is 0.385. The molecule has 96 valence electrons. The van der Waals surface area contributed by atoms with Gasteiger partial charge in [-0.05, 0) is 12.5 Å². The molecular formula is C13H16ClN3O. The summed E-state index contributed by atoms with van der Waals surface area (Å²) in [6.07, 6.45) is 0.824. The van der Waals surface area contributed by atoms with Gasteiger partial charge in [-0.2, -0.15) is 5.10 Å². The Bertz CT molecular complexity index is 564. The number of halogens is 1. The molecule has 1 aromatic heterocycles. The maximum atomic E-state index is 12.0. The maximum absolute atomic E-state index is 12.0. The first-order chi connectivity index (χ1) is 8.63. The van der Waals surface area contributed by atoms with Crippen molar-refractivity contribution >= 4 is 28.4 Å². The smallest absolute Gasteiger partial charge is 0.272 e. The molecule has 18 heavy (non-hydrogen) atoms. The van der Waals surface area contributed by atoms with E-state index in [9.17, 15) is 4.79 Å². The number of fused-ring (bicyclic) bond motifs is 1. The zero-order valence-corrected chi connectivity index (χ0v) is 11.2. The third-order valence-corrected chi connectivity index (χ3v) is 3.36. The lowest BCUT2D eigenvalue weighted by Gasteiger charge is -2.07. The van der Waals surface area contributed by atoms with Gasteiger partial charge in [0, 0.05) is 19.0 Å². The number of carbonyl (C=O) groups is 1. The number of aryl methyl sites for hydroxylation is 1. The molecule has 0 radical (unpaired) electrons. The van der Waals surface area contributed by atoms with Gasteiger partial charge >= 0.3 is 0 Å². The molecule has 1 aromatic carbocycles. The summed E-state index contributed by atoms with van der Waals surface area (Å²) in [4.78, 5) is 12.0. The number of hydrogen-bond donors (Lipinski definition) is 1. The number of aromatic nitrogens is 2. The summed E-state index contributed by atoms with van der Waals surface area (Å²) in [6, 6.07) is 7.67. The van der Waals surface area contributed by atoms with Crippen molar-refractivity contribution in [1.82, 2.24) is 15.1 Å². The summed E-state index contributed by atoms with van der Waals surface area (Å²) in [5.74, 6) is -0.175. The van der Waals surface area contributed by atoms with E-state index in [1.807, 2.05) is 38.2 Å². The number of carbonyl (C=O) groups excluding carboxylic acids is 1. The highest BCUT2D eigenvalue weighted by Crippen LogP contribution is 2.17.